The summed E-state index contributed by atoms with van der Waals surface area (Å²) >= 11 is 3.44. The molecule has 2 amide bonds. The van der Waals surface area contributed by atoms with E-state index in [2.05, 4.69) is 21.2 Å². The topological polar surface area (TPSA) is 41.6 Å². The summed E-state index contributed by atoms with van der Waals surface area (Å²) in [7, 11) is 0. The van der Waals surface area contributed by atoms with Gasteiger partial charge in [-0.2, -0.15) is 0 Å². The van der Waals surface area contributed by atoms with E-state index >= 15 is 0 Å². The number of rotatable bonds is 2. The third kappa shape index (κ3) is 3.94. The van der Waals surface area contributed by atoms with E-state index in [9.17, 15) is 4.79 Å². The number of carbonyl (C=O) groups excluding carboxylic acids is 1. The summed E-state index contributed by atoms with van der Waals surface area (Å²) in [6.07, 6.45) is 0.112. The second kappa shape index (κ2) is 6.39. The van der Waals surface area contributed by atoms with Crippen LogP contribution in [0.3, 0.4) is 0 Å². The van der Waals surface area contributed by atoms with E-state index in [0.717, 1.165) is 10.0 Å². The largest absolute Gasteiger partial charge is 0.375 e. The molecule has 2 rings (SSSR count). The fourth-order valence-corrected chi connectivity index (χ4v) is 2.56. The maximum Gasteiger partial charge on any atom is 0.318 e. The van der Waals surface area contributed by atoms with Gasteiger partial charge >= 0.3 is 6.03 Å². The number of nitrogens with zero attached hydrogens (tertiary/aromatic N) is 1. The fourth-order valence-electron chi connectivity index (χ4n) is 2.14. The zero-order valence-electron chi connectivity index (χ0n) is 11.2. The van der Waals surface area contributed by atoms with Gasteiger partial charge in [-0.1, -0.05) is 28.1 Å². The Labute approximate surface area is 122 Å². The highest BCUT2D eigenvalue weighted by atomic mass is 79.9. The number of benzene rings is 1. The van der Waals surface area contributed by atoms with Gasteiger partial charge in [0.1, 0.15) is 0 Å². The Hall–Kier alpha value is -1.07. The van der Waals surface area contributed by atoms with E-state index in [1.807, 2.05) is 43.0 Å². The van der Waals surface area contributed by atoms with Crippen molar-refractivity contribution in [3.63, 3.8) is 0 Å². The first-order valence-corrected chi connectivity index (χ1v) is 7.28. The fraction of sp³-hybridized carbons (Fsp3) is 0.500. The van der Waals surface area contributed by atoms with Crippen LogP contribution in [0.1, 0.15) is 25.5 Å². The molecule has 2 atom stereocenters. The van der Waals surface area contributed by atoms with Crippen LogP contribution in [0.15, 0.2) is 28.7 Å². The molecular weight excluding hydrogens is 308 g/mol. The maximum atomic E-state index is 12.2. The molecule has 0 radical (unpaired) electrons. The Bertz CT molecular complexity index is 453. The van der Waals surface area contributed by atoms with E-state index < -0.39 is 0 Å². The van der Waals surface area contributed by atoms with Crippen molar-refractivity contribution in [2.45, 2.75) is 26.0 Å². The first-order chi connectivity index (χ1) is 9.06. The molecule has 1 aromatic rings. The normalized spacial score (nSPS) is 21.0. The Morgan fingerprint density at radius 2 is 2.37 bits per heavy atom. The molecule has 0 saturated carbocycles. The van der Waals surface area contributed by atoms with Crippen LogP contribution >= 0.6 is 15.9 Å². The van der Waals surface area contributed by atoms with Crippen molar-refractivity contribution in [1.82, 2.24) is 10.2 Å². The van der Waals surface area contributed by atoms with Gasteiger partial charge in [-0.25, -0.2) is 4.79 Å². The van der Waals surface area contributed by atoms with Crippen LogP contribution in [-0.4, -0.2) is 36.7 Å². The lowest BCUT2D eigenvalue weighted by Crippen LogP contribution is -2.49. The summed E-state index contributed by atoms with van der Waals surface area (Å²) < 4.78 is 6.46. The Morgan fingerprint density at radius 3 is 3.05 bits per heavy atom. The minimum Gasteiger partial charge on any atom is -0.375 e. The Balaban J connectivity index is 1.94. The number of halogens is 1. The number of hydrogen-bond donors (Lipinski definition) is 1. The molecule has 0 aromatic heterocycles. The predicted octanol–water partition coefficient (Wildman–Crippen LogP) is 2.94. The van der Waals surface area contributed by atoms with Crippen LogP contribution in [0.4, 0.5) is 4.79 Å². The third-order valence-electron chi connectivity index (χ3n) is 3.22. The predicted molar refractivity (Wildman–Crippen MR) is 78.1 cm³/mol. The maximum absolute atomic E-state index is 12.2. The van der Waals surface area contributed by atoms with Crippen molar-refractivity contribution in [3.8, 4) is 0 Å². The van der Waals surface area contributed by atoms with Crippen LogP contribution < -0.4 is 5.32 Å². The highest BCUT2D eigenvalue weighted by molar-refractivity contribution is 9.10. The summed E-state index contributed by atoms with van der Waals surface area (Å²) in [5, 5.41) is 3.02. The lowest BCUT2D eigenvalue weighted by atomic mass is 10.1. The molecule has 0 spiro atoms. The highest BCUT2D eigenvalue weighted by Gasteiger charge is 2.22. The van der Waals surface area contributed by atoms with Crippen molar-refractivity contribution in [2.75, 3.05) is 19.7 Å². The van der Waals surface area contributed by atoms with Gasteiger partial charge in [0.2, 0.25) is 0 Å². The highest BCUT2D eigenvalue weighted by Crippen LogP contribution is 2.18. The van der Waals surface area contributed by atoms with Crippen LogP contribution in [0.2, 0.25) is 0 Å². The molecule has 1 heterocycles. The number of amides is 2. The molecule has 5 heteroatoms. The van der Waals surface area contributed by atoms with Gasteiger partial charge in [0.25, 0.3) is 0 Å². The number of morpholine rings is 1. The third-order valence-corrected chi connectivity index (χ3v) is 3.71. The van der Waals surface area contributed by atoms with Crippen LogP contribution in [0.25, 0.3) is 0 Å². The summed E-state index contributed by atoms with van der Waals surface area (Å²) in [6.45, 7) is 5.89. The van der Waals surface area contributed by atoms with Crippen molar-refractivity contribution in [2.24, 2.45) is 0 Å². The van der Waals surface area contributed by atoms with Gasteiger partial charge in [-0.3, -0.25) is 0 Å². The number of carbonyl (C=O) groups is 1. The zero-order valence-corrected chi connectivity index (χ0v) is 12.8. The molecule has 104 valence electrons. The lowest BCUT2D eigenvalue weighted by Gasteiger charge is -2.32. The van der Waals surface area contributed by atoms with Crippen molar-refractivity contribution in [3.05, 3.63) is 34.3 Å². The van der Waals surface area contributed by atoms with Crippen molar-refractivity contribution in [1.29, 1.82) is 0 Å². The average Bonchev–Trinajstić information content (AvgIpc) is 2.38. The molecule has 1 fully saturated rings. The van der Waals surface area contributed by atoms with Gasteiger partial charge in [-0.15, -0.1) is 0 Å². The summed E-state index contributed by atoms with van der Waals surface area (Å²) in [4.78, 5) is 14.0. The first kappa shape index (κ1) is 14.3. The minimum absolute atomic E-state index is 0.0110. The summed E-state index contributed by atoms with van der Waals surface area (Å²) in [5.41, 5.74) is 1.09. The van der Waals surface area contributed by atoms with E-state index in [4.69, 9.17) is 4.74 Å². The Kier molecular flexibility index (Phi) is 4.82. The first-order valence-electron chi connectivity index (χ1n) is 6.49. The quantitative estimate of drug-likeness (QED) is 0.907. The van der Waals surface area contributed by atoms with Gasteiger partial charge in [0.15, 0.2) is 0 Å². The van der Waals surface area contributed by atoms with Gasteiger partial charge < -0.3 is 15.0 Å². The monoisotopic (exact) mass is 326 g/mol. The summed E-state index contributed by atoms with van der Waals surface area (Å²) in [5.74, 6) is 0. The molecule has 4 nitrogen and oxygen atoms in total. The second-order valence-electron chi connectivity index (χ2n) is 4.85. The minimum atomic E-state index is -0.0253. The van der Waals surface area contributed by atoms with E-state index in [0.29, 0.717) is 19.7 Å². The van der Waals surface area contributed by atoms with E-state index in [1.54, 1.807) is 0 Å². The molecular formula is C14H19BrN2O2. The lowest BCUT2D eigenvalue weighted by molar-refractivity contribution is -0.00380. The number of urea groups is 1. The van der Waals surface area contributed by atoms with Gasteiger partial charge in [0, 0.05) is 17.6 Å². The molecule has 1 aliphatic rings. The van der Waals surface area contributed by atoms with Crippen LogP contribution in [0.5, 0.6) is 0 Å². The van der Waals surface area contributed by atoms with Gasteiger partial charge in [0.05, 0.1) is 18.8 Å². The number of ether oxygens (including phenoxy) is 1. The number of nitrogens with one attached hydrogen (secondary N) is 1. The second-order valence-corrected chi connectivity index (χ2v) is 5.77. The number of hydrogen-bond acceptors (Lipinski definition) is 2. The van der Waals surface area contributed by atoms with Crippen molar-refractivity contribution < 1.29 is 9.53 Å². The summed E-state index contributed by atoms with van der Waals surface area (Å²) in [6, 6.07) is 7.94. The molecule has 0 aliphatic carbocycles. The molecule has 1 N–H and O–H groups in total. The molecule has 1 aromatic carbocycles. The average molecular weight is 327 g/mol. The zero-order chi connectivity index (χ0) is 13.8. The standard InChI is InChI=1S/C14H19BrN2O2/c1-10-9-17(6-7-19-10)14(18)16-11(2)12-4-3-5-13(15)8-12/h3-5,8,10-11H,6-7,9H2,1-2H3,(H,16,18)/t10-,11-/m0/s1. The molecule has 1 saturated heterocycles. The van der Waals surface area contributed by atoms with Gasteiger partial charge in [-0.05, 0) is 31.5 Å². The molecule has 19 heavy (non-hydrogen) atoms. The van der Waals surface area contributed by atoms with Crippen molar-refractivity contribution >= 4 is 22.0 Å². The Morgan fingerprint density at radius 1 is 1.58 bits per heavy atom. The molecule has 1 aliphatic heterocycles. The smallest absolute Gasteiger partial charge is 0.318 e. The van der Waals surface area contributed by atoms with E-state index in [-0.39, 0.29) is 18.2 Å². The van der Waals surface area contributed by atoms with E-state index in [1.165, 1.54) is 0 Å². The SMILES string of the molecule is C[C@H](NC(=O)N1CCO[C@@H](C)C1)c1cccc(Br)c1. The molecule has 0 bridgehead atoms. The molecule has 0 unspecified atom stereocenters. The van der Waals surface area contributed by atoms with Crippen LogP contribution in [-0.2, 0) is 4.74 Å². The van der Waals surface area contributed by atoms with Crippen LogP contribution in [0, 0.1) is 0 Å².